The minimum atomic E-state index is -0.192. The zero-order chi connectivity index (χ0) is 18.2. The second-order valence-corrected chi connectivity index (χ2v) is 6.54. The van der Waals surface area contributed by atoms with E-state index in [0.717, 1.165) is 36.6 Å². The molecule has 2 heterocycles. The van der Waals surface area contributed by atoms with Crippen LogP contribution in [0.25, 0.3) is 0 Å². The van der Waals surface area contributed by atoms with Gasteiger partial charge in [0.2, 0.25) is 0 Å². The van der Waals surface area contributed by atoms with E-state index < -0.39 is 0 Å². The van der Waals surface area contributed by atoms with Crippen molar-refractivity contribution in [1.29, 1.82) is 0 Å². The van der Waals surface area contributed by atoms with Crippen LogP contribution in [0.15, 0.2) is 36.4 Å². The van der Waals surface area contributed by atoms with Crippen LogP contribution in [-0.4, -0.2) is 42.8 Å². The number of aromatic nitrogens is 2. The third-order valence-electron chi connectivity index (χ3n) is 4.65. The number of hydrogen-bond acceptors (Lipinski definition) is 5. The summed E-state index contributed by atoms with van der Waals surface area (Å²) in [5.41, 5.74) is 1.47. The van der Waals surface area contributed by atoms with Gasteiger partial charge in [-0.3, -0.25) is 4.79 Å². The summed E-state index contributed by atoms with van der Waals surface area (Å²) in [6.07, 6.45) is 5.67. The van der Waals surface area contributed by atoms with Crippen molar-refractivity contribution in [1.82, 2.24) is 15.5 Å². The second kappa shape index (κ2) is 9.17. The van der Waals surface area contributed by atoms with Gasteiger partial charge in [0.05, 0.1) is 7.11 Å². The average molecular weight is 354 g/mol. The summed E-state index contributed by atoms with van der Waals surface area (Å²) in [6.45, 7) is 2.57. The molecule has 1 aliphatic heterocycles. The van der Waals surface area contributed by atoms with Gasteiger partial charge in [-0.2, -0.15) is 0 Å². The SMILES string of the molecule is COc1cccc(CCNC(=O)c2ccc(N3CCCCCC3)nn2)c1. The number of amides is 1. The number of nitrogens with one attached hydrogen (secondary N) is 1. The second-order valence-electron chi connectivity index (χ2n) is 6.54. The topological polar surface area (TPSA) is 67.3 Å². The minimum Gasteiger partial charge on any atom is -0.497 e. The summed E-state index contributed by atoms with van der Waals surface area (Å²) < 4.78 is 5.21. The Balaban J connectivity index is 1.51. The Bertz CT molecular complexity index is 710. The van der Waals surface area contributed by atoms with Crippen LogP contribution in [0.3, 0.4) is 0 Å². The van der Waals surface area contributed by atoms with E-state index in [0.29, 0.717) is 12.2 Å². The number of methoxy groups -OCH3 is 1. The normalized spacial score (nSPS) is 14.6. The van der Waals surface area contributed by atoms with Crippen LogP contribution in [-0.2, 0) is 6.42 Å². The highest BCUT2D eigenvalue weighted by Crippen LogP contribution is 2.16. The first-order valence-corrected chi connectivity index (χ1v) is 9.26. The van der Waals surface area contributed by atoms with E-state index in [1.54, 1.807) is 13.2 Å². The molecule has 1 aromatic heterocycles. The van der Waals surface area contributed by atoms with Crippen molar-refractivity contribution >= 4 is 11.7 Å². The monoisotopic (exact) mass is 354 g/mol. The van der Waals surface area contributed by atoms with Crippen molar-refractivity contribution in [2.24, 2.45) is 0 Å². The summed E-state index contributed by atoms with van der Waals surface area (Å²) in [6, 6.07) is 11.5. The first kappa shape index (κ1) is 18.2. The van der Waals surface area contributed by atoms with E-state index >= 15 is 0 Å². The lowest BCUT2D eigenvalue weighted by atomic mass is 10.1. The van der Waals surface area contributed by atoms with Crippen LogP contribution in [0.2, 0.25) is 0 Å². The fourth-order valence-corrected chi connectivity index (χ4v) is 3.15. The molecule has 0 unspecified atom stereocenters. The number of ether oxygens (including phenoxy) is 1. The summed E-state index contributed by atoms with van der Waals surface area (Å²) in [7, 11) is 1.65. The standard InChI is InChI=1S/C20H26N4O2/c1-26-17-8-6-7-16(15-17)11-12-21-20(25)18-9-10-19(23-22-18)24-13-4-2-3-5-14-24/h6-10,15H,2-5,11-14H2,1H3,(H,21,25). The molecule has 1 fully saturated rings. The quantitative estimate of drug-likeness (QED) is 0.864. The number of benzene rings is 1. The van der Waals surface area contributed by atoms with E-state index in [1.807, 2.05) is 30.3 Å². The van der Waals surface area contributed by atoms with E-state index in [-0.39, 0.29) is 5.91 Å². The molecule has 0 bridgehead atoms. The lowest BCUT2D eigenvalue weighted by Gasteiger charge is -2.20. The summed E-state index contributed by atoms with van der Waals surface area (Å²) in [5, 5.41) is 11.3. The highest BCUT2D eigenvalue weighted by atomic mass is 16.5. The van der Waals surface area contributed by atoms with Gasteiger partial charge in [-0.1, -0.05) is 25.0 Å². The molecule has 0 saturated carbocycles. The van der Waals surface area contributed by atoms with Gasteiger partial charge in [-0.25, -0.2) is 0 Å². The minimum absolute atomic E-state index is 0.192. The Labute approximate surface area is 154 Å². The smallest absolute Gasteiger partial charge is 0.271 e. The van der Waals surface area contributed by atoms with Crippen LogP contribution < -0.4 is 15.0 Å². The van der Waals surface area contributed by atoms with Crippen molar-refractivity contribution in [3.05, 3.63) is 47.7 Å². The molecule has 1 aliphatic rings. The average Bonchev–Trinajstić information content (AvgIpc) is 2.98. The largest absolute Gasteiger partial charge is 0.497 e. The van der Waals surface area contributed by atoms with Crippen molar-refractivity contribution < 1.29 is 9.53 Å². The maximum Gasteiger partial charge on any atom is 0.271 e. The molecular formula is C20H26N4O2. The Morgan fingerprint density at radius 1 is 1.12 bits per heavy atom. The van der Waals surface area contributed by atoms with Crippen molar-refractivity contribution in [2.45, 2.75) is 32.1 Å². The third-order valence-corrected chi connectivity index (χ3v) is 4.65. The van der Waals surface area contributed by atoms with Crippen molar-refractivity contribution in [3.8, 4) is 5.75 Å². The molecule has 26 heavy (non-hydrogen) atoms. The highest BCUT2D eigenvalue weighted by molar-refractivity contribution is 5.92. The fraction of sp³-hybridized carbons (Fsp3) is 0.450. The van der Waals surface area contributed by atoms with Gasteiger partial charge in [0, 0.05) is 19.6 Å². The highest BCUT2D eigenvalue weighted by Gasteiger charge is 2.13. The van der Waals surface area contributed by atoms with Crippen LogP contribution in [0.5, 0.6) is 5.75 Å². The molecular weight excluding hydrogens is 328 g/mol. The molecule has 1 amide bonds. The number of anilines is 1. The zero-order valence-corrected chi connectivity index (χ0v) is 15.3. The van der Waals surface area contributed by atoms with Crippen LogP contribution in [0.4, 0.5) is 5.82 Å². The van der Waals surface area contributed by atoms with Crippen molar-refractivity contribution in [3.63, 3.8) is 0 Å². The molecule has 1 aromatic carbocycles. The number of hydrogen-bond donors (Lipinski definition) is 1. The van der Waals surface area contributed by atoms with Crippen molar-refractivity contribution in [2.75, 3.05) is 31.6 Å². The molecule has 2 aromatic rings. The molecule has 0 spiro atoms. The zero-order valence-electron chi connectivity index (χ0n) is 15.3. The van der Waals surface area contributed by atoms with E-state index in [2.05, 4.69) is 20.4 Å². The number of carbonyl (C=O) groups excluding carboxylic acids is 1. The summed E-state index contributed by atoms with van der Waals surface area (Å²) in [5.74, 6) is 1.49. The number of nitrogens with zero attached hydrogens (tertiary/aromatic N) is 3. The molecule has 1 saturated heterocycles. The molecule has 3 rings (SSSR count). The number of carbonyl (C=O) groups is 1. The molecule has 0 aliphatic carbocycles. The van der Waals surface area contributed by atoms with Gasteiger partial charge in [0.25, 0.3) is 5.91 Å². The maximum atomic E-state index is 12.2. The molecule has 6 nitrogen and oxygen atoms in total. The number of rotatable bonds is 6. The van der Waals surface area contributed by atoms with Gasteiger partial charge < -0.3 is 15.0 Å². The Morgan fingerprint density at radius 3 is 2.62 bits per heavy atom. The van der Waals surface area contributed by atoms with E-state index in [1.165, 1.54) is 25.7 Å². The molecule has 0 atom stereocenters. The van der Waals surface area contributed by atoms with Gasteiger partial charge in [-0.15, -0.1) is 10.2 Å². The first-order valence-electron chi connectivity index (χ1n) is 9.26. The lowest BCUT2D eigenvalue weighted by molar-refractivity contribution is 0.0948. The Morgan fingerprint density at radius 2 is 1.92 bits per heavy atom. The van der Waals surface area contributed by atoms with E-state index in [9.17, 15) is 4.79 Å². The summed E-state index contributed by atoms with van der Waals surface area (Å²) in [4.78, 5) is 14.5. The summed E-state index contributed by atoms with van der Waals surface area (Å²) >= 11 is 0. The van der Waals surface area contributed by atoms with Crippen LogP contribution in [0, 0.1) is 0 Å². The van der Waals surface area contributed by atoms with E-state index in [4.69, 9.17) is 4.74 Å². The van der Waals surface area contributed by atoms with Gasteiger partial charge in [0.1, 0.15) is 5.75 Å². The third kappa shape index (κ3) is 4.94. The predicted molar refractivity (Wildman–Crippen MR) is 102 cm³/mol. The Kier molecular flexibility index (Phi) is 6.41. The maximum absolute atomic E-state index is 12.2. The predicted octanol–water partition coefficient (Wildman–Crippen LogP) is 2.84. The first-order chi connectivity index (χ1) is 12.8. The lowest BCUT2D eigenvalue weighted by Crippen LogP contribution is -2.28. The van der Waals surface area contributed by atoms with Crippen LogP contribution in [0.1, 0.15) is 41.7 Å². The molecule has 0 radical (unpaired) electrons. The molecule has 6 heteroatoms. The van der Waals surface area contributed by atoms with Gasteiger partial charge in [-0.05, 0) is 49.1 Å². The van der Waals surface area contributed by atoms with Gasteiger partial charge in [0.15, 0.2) is 11.5 Å². The van der Waals surface area contributed by atoms with Crippen LogP contribution >= 0.6 is 0 Å². The molecule has 1 N–H and O–H groups in total. The Hall–Kier alpha value is -2.63. The van der Waals surface area contributed by atoms with Gasteiger partial charge >= 0.3 is 0 Å². The molecule has 138 valence electrons. The fourth-order valence-electron chi connectivity index (χ4n) is 3.15.